The zero-order valence-corrected chi connectivity index (χ0v) is 7.95. The summed E-state index contributed by atoms with van der Waals surface area (Å²) in [5.74, 6) is 0.928. The average Bonchev–Trinajstić information content (AvgIpc) is 2.27. The van der Waals surface area contributed by atoms with Gasteiger partial charge in [0.1, 0.15) is 12.4 Å². The molecule has 2 heteroatoms. The minimum atomic E-state index is -0.112. The van der Waals surface area contributed by atoms with E-state index in [-0.39, 0.29) is 5.54 Å². The van der Waals surface area contributed by atoms with Crippen LogP contribution in [0.25, 0.3) is 0 Å². The lowest BCUT2D eigenvalue weighted by molar-refractivity contribution is 0.248. The number of ether oxygens (including phenoxy) is 1. The number of hydrogen-bond acceptors (Lipinski definition) is 2. The van der Waals surface area contributed by atoms with Crippen molar-refractivity contribution >= 4 is 6.21 Å². The van der Waals surface area contributed by atoms with E-state index in [1.165, 1.54) is 0 Å². The molecule has 1 aromatic carbocycles. The number of fused-ring (bicyclic) bond motifs is 1. The topological polar surface area (TPSA) is 21.6 Å². The predicted molar refractivity (Wildman–Crippen MR) is 53.6 cm³/mol. The number of para-hydroxylation sites is 1. The summed E-state index contributed by atoms with van der Waals surface area (Å²) in [6.45, 7) is 4.77. The Balaban J connectivity index is 2.39. The molecular formula is C11H13NO. The van der Waals surface area contributed by atoms with Gasteiger partial charge in [0.05, 0.1) is 5.54 Å². The fourth-order valence-electron chi connectivity index (χ4n) is 1.25. The van der Waals surface area contributed by atoms with E-state index in [9.17, 15) is 0 Å². The van der Waals surface area contributed by atoms with Gasteiger partial charge in [-0.15, -0.1) is 0 Å². The third-order valence-corrected chi connectivity index (χ3v) is 2.05. The zero-order valence-electron chi connectivity index (χ0n) is 7.95. The smallest absolute Gasteiger partial charge is 0.128 e. The molecule has 1 aliphatic heterocycles. The first-order valence-electron chi connectivity index (χ1n) is 4.44. The third-order valence-electron chi connectivity index (χ3n) is 2.05. The van der Waals surface area contributed by atoms with E-state index in [0.29, 0.717) is 6.61 Å². The molecular weight excluding hydrogens is 162 g/mol. The molecule has 0 atom stereocenters. The summed E-state index contributed by atoms with van der Waals surface area (Å²) in [4.78, 5) is 4.45. The standard InChI is InChI=1S/C11H13NO/c1-11(2)8-13-10-6-4-3-5-9(10)7-12-11/h3-7H,8H2,1-2H3. The third kappa shape index (κ3) is 1.72. The van der Waals surface area contributed by atoms with Gasteiger partial charge in [-0.25, -0.2) is 0 Å². The van der Waals surface area contributed by atoms with Crippen molar-refractivity contribution in [2.24, 2.45) is 4.99 Å². The minimum Gasteiger partial charge on any atom is -0.490 e. The summed E-state index contributed by atoms with van der Waals surface area (Å²) in [6.07, 6.45) is 1.89. The van der Waals surface area contributed by atoms with E-state index < -0.39 is 0 Å². The number of nitrogens with zero attached hydrogens (tertiary/aromatic N) is 1. The second-order valence-electron chi connectivity index (χ2n) is 3.90. The summed E-state index contributed by atoms with van der Waals surface area (Å²) in [5.41, 5.74) is 0.951. The van der Waals surface area contributed by atoms with Crippen LogP contribution in [0.15, 0.2) is 29.3 Å². The molecule has 2 nitrogen and oxygen atoms in total. The van der Waals surface area contributed by atoms with Gasteiger partial charge in [-0.3, -0.25) is 4.99 Å². The fraction of sp³-hybridized carbons (Fsp3) is 0.364. The quantitative estimate of drug-likeness (QED) is 0.592. The van der Waals surface area contributed by atoms with Crippen LogP contribution in [-0.4, -0.2) is 18.4 Å². The molecule has 2 rings (SSSR count). The highest BCUT2D eigenvalue weighted by Gasteiger charge is 2.19. The van der Waals surface area contributed by atoms with Crippen molar-refractivity contribution in [1.29, 1.82) is 0 Å². The minimum absolute atomic E-state index is 0.112. The maximum Gasteiger partial charge on any atom is 0.128 e. The maximum absolute atomic E-state index is 5.64. The van der Waals surface area contributed by atoms with Gasteiger partial charge >= 0.3 is 0 Å². The van der Waals surface area contributed by atoms with Crippen molar-refractivity contribution in [1.82, 2.24) is 0 Å². The zero-order chi connectivity index (χ0) is 9.31. The molecule has 0 amide bonds. The molecule has 68 valence electrons. The first-order valence-corrected chi connectivity index (χ1v) is 4.44. The summed E-state index contributed by atoms with van der Waals surface area (Å²) in [7, 11) is 0. The van der Waals surface area contributed by atoms with Gasteiger partial charge in [0, 0.05) is 11.8 Å². The summed E-state index contributed by atoms with van der Waals surface area (Å²) >= 11 is 0. The van der Waals surface area contributed by atoms with Crippen LogP contribution < -0.4 is 4.74 Å². The molecule has 0 unspecified atom stereocenters. The highest BCUT2D eigenvalue weighted by atomic mass is 16.5. The Morgan fingerprint density at radius 1 is 1.31 bits per heavy atom. The van der Waals surface area contributed by atoms with E-state index in [2.05, 4.69) is 18.8 Å². The van der Waals surface area contributed by atoms with Crippen molar-refractivity contribution in [2.45, 2.75) is 19.4 Å². The number of hydrogen-bond donors (Lipinski definition) is 0. The first-order chi connectivity index (χ1) is 6.17. The van der Waals surface area contributed by atoms with E-state index in [1.807, 2.05) is 30.5 Å². The Kier molecular flexibility index (Phi) is 1.83. The Morgan fingerprint density at radius 3 is 2.92 bits per heavy atom. The second-order valence-corrected chi connectivity index (χ2v) is 3.90. The lowest BCUT2D eigenvalue weighted by Crippen LogP contribution is -2.25. The van der Waals surface area contributed by atoms with Crippen molar-refractivity contribution in [3.8, 4) is 5.75 Å². The van der Waals surface area contributed by atoms with Crippen LogP contribution in [0.5, 0.6) is 5.75 Å². The predicted octanol–water partition coefficient (Wildman–Crippen LogP) is 2.28. The Morgan fingerprint density at radius 2 is 2.08 bits per heavy atom. The van der Waals surface area contributed by atoms with Crippen LogP contribution >= 0.6 is 0 Å². The molecule has 0 bridgehead atoms. The van der Waals surface area contributed by atoms with Gasteiger partial charge in [-0.05, 0) is 26.0 Å². The molecule has 0 fully saturated rings. The number of rotatable bonds is 0. The van der Waals surface area contributed by atoms with Crippen LogP contribution in [0.3, 0.4) is 0 Å². The van der Waals surface area contributed by atoms with E-state index in [1.54, 1.807) is 0 Å². The summed E-state index contributed by atoms with van der Waals surface area (Å²) in [5, 5.41) is 0. The normalized spacial score (nSPS) is 18.6. The van der Waals surface area contributed by atoms with E-state index in [0.717, 1.165) is 11.3 Å². The van der Waals surface area contributed by atoms with Crippen LogP contribution in [-0.2, 0) is 0 Å². The molecule has 0 N–H and O–H groups in total. The molecule has 0 spiro atoms. The molecule has 0 radical (unpaired) electrons. The second kappa shape index (κ2) is 2.87. The summed E-state index contributed by atoms with van der Waals surface area (Å²) < 4.78 is 5.64. The molecule has 1 aromatic rings. The highest BCUT2D eigenvalue weighted by molar-refractivity contribution is 5.84. The van der Waals surface area contributed by atoms with Gasteiger partial charge < -0.3 is 4.74 Å². The molecule has 0 aromatic heterocycles. The number of benzene rings is 1. The van der Waals surface area contributed by atoms with Gasteiger partial charge in [0.15, 0.2) is 0 Å². The lowest BCUT2D eigenvalue weighted by Gasteiger charge is -2.17. The largest absolute Gasteiger partial charge is 0.490 e. The molecule has 1 heterocycles. The van der Waals surface area contributed by atoms with Crippen LogP contribution in [0.4, 0.5) is 0 Å². The van der Waals surface area contributed by atoms with Crippen LogP contribution in [0.1, 0.15) is 19.4 Å². The maximum atomic E-state index is 5.64. The van der Waals surface area contributed by atoms with Crippen molar-refractivity contribution in [2.75, 3.05) is 6.61 Å². The molecule has 13 heavy (non-hydrogen) atoms. The van der Waals surface area contributed by atoms with Gasteiger partial charge in [-0.1, -0.05) is 12.1 Å². The Bertz CT molecular complexity index is 342. The molecule has 1 aliphatic rings. The van der Waals surface area contributed by atoms with Gasteiger partial charge in [-0.2, -0.15) is 0 Å². The molecule has 0 aliphatic carbocycles. The van der Waals surface area contributed by atoms with Crippen molar-refractivity contribution in [3.63, 3.8) is 0 Å². The van der Waals surface area contributed by atoms with Crippen molar-refractivity contribution in [3.05, 3.63) is 29.8 Å². The summed E-state index contributed by atoms with van der Waals surface area (Å²) in [6, 6.07) is 7.96. The van der Waals surface area contributed by atoms with Gasteiger partial charge in [0.2, 0.25) is 0 Å². The fourth-order valence-corrected chi connectivity index (χ4v) is 1.25. The van der Waals surface area contributed by atoms with Crippen molar-refractivity contribution < 1.29 is 4.74 Å². The average molecular weight is 175 g/mol. The Hall–Kier alpha value is -1.31. The van der Waals surface area contributed by atoms with E-state index in [4.69, 9.17) is 4.74 Å². The van der Waals surface area contributed by atoms with Crippen LogP contribution in [0, 0.1) is 0 Å². The number of aliphatic imine (C=N–C) groups is 1. The van der Waals surface area contributed by atoms with Crippen LogP contribution in [0.2, 0.25) is 0 Å². The monoisotopic (exact) mass is 175 g/mol. The lowest BCUT2D eigenvalue weighted by atomic mass is 10.1. The first kappa shape index (κ1) is 8.30. The molecule has 0 saturated carbocycles. The van der Waals surface area contributed by atoms with E-state index >= 15 is 0 Å². The molecule has 0 saturated heterocycles. The highest BCUT2D eigenvalue weighted by Crippen LogP contribution is 2.22. The SMILES string of the molecule is CC1(C)COc2ccccc2C=N1. The van der Waals surface area contributed by atoms with Gasteiger partial charge in [0.25, 0.3) is 0 Å². The Labute approximate surface area is 78.3 Å².